The Morgan fingerprint density at radius 3 is 2.73 bits per heavy atom. The predicted molar refractivity (Wildman–Crippen MR) is 34.9 cm³/mol. The molecule has 0 aliphatic carbocycles. The first-order chi connectivity index (χ1) is 5.16. The number of aromatic carboxylic acids is 1. The maximum atomic E-state index is 10.5. The van der Waals surface area contributed by atoms with Crippen molar-refractivity contribution in [3.8, 4) is 0 Å². The van der Waals surface area contributed by atoms with Crippen LogP contribution in [0.2, 0.25) is 0 Å². The first-order valence-electron chi connectivity index (χ1n) is 3.33. The fourth-order valence-corrected chi connectivity index (χ4v) is 0.919. The van der Waals surface area contributed by atoms with Gasteiger partial charge in [-0.25, -0.2) is 0 Å². The Balaban J connectivity index is 3.17. The smallest absolute Gasteiger partial charge is 0.145 e. The van der Waals surface area contributed by atoms with E-state index in [2.05, 4.69) is 5.16 Å². The summed E-state index contributed by atoms with van der Waals surface area (Å²) in [5.74, 6) is -0.844. The van der Waals surface area contributed by atoms with E-state index < -0.39 is 5.97 Å². The Kier molecular flexibility index (Phi) is 1.94. The van der Waals surface area contributed by atoms with Gasteiger partial charge in [0.05, 0.1) is 17.2 Å². The maximum Gasteiger partial charge on any atom is 0.145 e. The highest BCUT2D eigenvalue weighted by molar-refractivity contribution is 5.88. The third-order valence-corrected chi connectivity index (χ3v) is 1.46. The van der Waals surface area contributed by atoms with E-state index in [1.54, 1.807) is 13.8 Å². The molecule has 0 atom stereocenters. The van der Waals surface area contributed by atoms with Crippen LogP contribution in [0.5, 0.6) is 0 Å². The van der Waals surface area contributed by atoms with E-state index in [-0.39, 0.29) is 5.56 Å². The molecule has 11 heavy (non-hydrogen) atoms. The fraction of sp³-hybridized carbons (Fsp3) is 0.429. The number of hydrogen-bond acceptors (Lipinski definition) is 4. The lowest BCUT2D eigenvalue weighted by Crippen LogP contribution is -2.23. The van der Waals surface area contributed by atoms with Gasteiger partial charge < -0.3 is 14.4 Å². The van der Waals surface area contributed by atoms with Gasteiger partial charge in [0.1, 0.15) is 5.76 Å². The average Bonchev–Trinajstić information content (AvgIpc) is 2.30. The van der Waals surface area contributed by atoms with E-state index in [9.17, 15) is 9.90 Å². The average molecular weight is 154 g/mol. The van der Waals surface area contributed by atoms with Gasteiger partial charge in [-0.05, 0) is 6.92 Å². The van der Waals surface area contributed by atoms with Gasteiger partial charge in [0.15, 0.2) is 0 Å². The molecule has 4 heteroatoms. The van der Waals surface area contributed by atoms with Crippen LogP contribution in [-0.4, -0.2) is 11.1 Å². The van der Waals surface area contributed by atoms with Crippen molar-refractivity contribution in [3.63, 3.8) is 0 Å². The maximum absolute atomic E-state index is 10.5. The molecule has 0 saturated heterocycles. The summed E-state index contributed by atoms with van der Waals surface area (Å²) in [4.78, 5) is 10.5. The third kappa shape index (κ3) is 1.24. The zero-order valence-electron chi connectivity index (χ0n) is 6.38. The quantitative estimate of drug-likeness (QED) is 0.597. The van der Waals surface area contributed by atoms with Crippen molar-refractivity contribution in [2.75, 3.05) is 0 Å². The first-order valence-corrected chi connectivity index (χ1v) is 3.33. The molecule has 1 heterocycles. The van der Waals surface area contributed by atoms with Gasteiger partial charge in [0, 0.05) is 6.42 Å². The Bertz CT molecular complexity index is 277. The van der Waals surface area contributed by atoms with E-state index in [0.29, 0.717) is 17.9 Å². The van der Waals surface area contributed by atoms with Gasteiger partial charge in [-0.15, -0.1) is 0 Å². The van der Waals surface area contributed by atoms with Gasteiger partial charge in [-0.2, -0.15) is 0 Å². The molecular formula is C7H8NO3-. The minimum Gasteiger partial charge on any atom is -0.545 e. The number of carbonyl (C=O) groups is 1. The summed E-state index contributed by atoms with van der Waals surface area (Å²) in [6.07, 6.45) is 0.518. The highest BCUT2D eigenvalue weighted by Crippen LogP contribution is 2.12. The normalized spacial score (nSPS) is 10.0. The second kappa shape index (κ2) is 2.74. The van der Waals surface area contributed by atoms with Crippen LogP contribution in [0, 0.1) is 6.92 Å². The number of carbonyl (C=O) groups excluding carboxylic acids is 1. The van der Waals surface area contributed by atoms with Crippen molar-refractivity contribution in [3.05, 3.63) is 17.0 Å². The summed E-state index contributed by atoms with van der Waals surface area (Å²) in [5, 5.41) is 14.0. The number of carboxylic acid groups (broad SMARTS) is 1. The third-order valence-electron chi connectivity index (χ3n) is 1.46. The number of rotatable bonds is 2. The molecule has 1 rings (SSSR count). The molecule has 4 nitrogen and oxygen atoms in total. The molecule has 0 amide bonds. The van der Waals surface area contributed by atoms with Crippen LogP contribution in [0.4, 0.5) is 0 Å². The molecule has 0 fully saturated rings. The molecule has 0 unspecified atom stereocenters. The molecule has 0 saturated carbocycles. The topological polar surface area (TPSA) is 66.2 Å². The van der Waals surface area contributed by atoms with Crippen LogP contribution in [0.1, 0.15) is 28.7 Å². The van der Waals surface area contributed by atoms with E-state index in [1.807, 2.05) is 0 Å². The number of nitrogens with zero attached hydrogens (tertiary/aromatic N) is 1. The summed E-state index contributed by atoms with van der Waals surface area (Å²) in [6, 6.07) is 0. The first kappa shape index (κ1) is 7.78. The Hall–Kier alpha value is -1.32. The predicted octanol–water partition coefficient (Wildman–Crippen LogP) is -0.0911. The van der Waals surface area contributed by atoms with Gasteiger partial charge in [-0.1, -0.05) is 12.1 Å². The Morgan fingerprint density at radius 1 is 1.73 bits per heavy atom. The summed E-state index contributed by atoms with van der Waals surface area (Å²) in [5.41, 5.74) is 0.467. The van der Waals surface area contributed by atoms with E-state index in [4.69, 9.17) is 4.52 Å². The molecular weight excluding hydrogens is 146 g/mol. The molecule has 60 valence electrons. The standard InChI is InChI=1S/C7H9NO3/c1-3-5-6(7(9)10)4(2)8-11-5/h3H2,1-2H3,(H,9,10)/p-1. The van der Waals surface area contributed by atoms with E-state index >= 15 is 0 Å². The van der Waals surface area contributed by atoms with Crippen LogP contribution in [0.3, 0.4) is 0 Å². The highest BCUT2D eigenvalue weighted by atomic mass is 16.5. The molecule has 0 spiro atoms. The minimum atomic E-state index is -1.22. The number of aryl methyl sites for hydroxylation is 2. The molecule has 0 radical (unpaired) electrons. The van der Waals surface area contributed by atoms with Crippen molar-refractivity contribution in [2.24, 2.45) is 0 Å². The van der Waals surface area contributed by atoms with Crippen LogP contribution >= 0.6 is 0 Å². The lowest BCUT2D eigenvalue weighted by Gasteiger charge is -1.99. The number of hydrogen-bond donors (Lipinski definition) is 0. The largest absolute Gasteiger partial charge is 0.545 e. The molecule has 0 aliphatic heterocycles. The van der Waals surface area contributed by atoms with Crippen molar-refractivity contribution in [1.29, 1.82) is 0 Å². The van der Waals surface area contributed by atoms with Gasteiger partial charge in [-0.3, -0.25) is 0 Å². The highest BCUT2D eigenvalue weighted by Gasteiger charge is 2.10. The van der Waals surface area contributed by atoms with E-state index in [0.717, 1.165) is 0 Å². The molecule has 1 aromatic heterocycles. The van der Waals surface area contributed by atoms with Gasteiger partial charge >= 0.3 is 0 Å². The number of carboxylic acids is 1. The zero-order chi connectivity index (χ0) is 8.43. The summed E-state index contributed by atoms with van der Waals surface area (Å²) < 4.78 is 4.74. The lowest BCUT2D eigenvalue weighted by atomic mass is 10.2. The molecule has 0 aromatic carbocycles. The van der Waals surface area contributed by atoms with Crippen molar-refractivity contribution in [2.45, 2.75) is 20.3 Å². The second-order valence-corrected chi connectivity index (χ2v) is 2.21. The molecule has 0 aliphatic rings. The van der Waals surface area contributed by atoms with Gasteiger partial charge in [0.2, 0.25) is 0 Å². The Labute approximate surface area is 63.8 Å². The van der Waals surface area contributed by atoms with Crippen LogP contribution in [-0.2, 0) is 6.42 Å². The summed E-state index contributed by atoms with van der Waals surface area (Å²) in [6.45, 7) is 3.38. The molecule has 0 N–H and O–H groups in total. The monoisotopic (exact) mass is 154 g/mol. The molecule has 1 aromatic rings. The second-order valence-electron chi connectivity index (χ2n) is 2.21. The Morgan fingerprint density at radius 2 is 2.36 bits per heavy atom. The van der Waals surface area contributed by atoms with Crippen LogP contribution in [0.15, 0.2) is 4.52 Å². The van der Waals surface area contributed by atoms with Gasteiger partial charge in [0.25, 0.3) is 0 Å². The SMILES string of the molecule is CCc1onc(C)c1C(=O)[O-]. The van der Waals surface area contributed by atoms with E-state index in [1.165, 1.54) is 0 Å². The van der Waals surface area contributed by atoms with Crippen molar-refractivity contribution < 1.29 is 14.4 Å². The van der Waals surface area contributed by atoms with Crippen molar-refractivity contribution in [1.82, 2.24) is 5.16 Å². The minimum absolute atomic E-state index is 0.0903. The zero-order valence-corrected chi connectivity index (χ0v) is 6.38. The fourth-order valence-electron chi connectivity index (χ4n) is 0.919. The van der Waals surface area contributed by atoms with Crippen LogP contribution in [0.25, 0.3) is 0 Å². The van der Waals surface area contributed by atoms with Crippen LogP contribution < -0.4 is 5.11 Å². The summed E-state index contributed by atoms with van der Waals surface area (Å²) in [7, 11) is 0. The van der Waals surface area contributed by atoms with Crippen molar-refractivity contribution >= 4 is 5.97 Å². The lowest BCUT2D eigenvalue weighted by molar-refractivity contribution is -0.255. The summed E-state index contributed by atoms with van der Waals surface area (Å²) >= 11 is 0. The molecule has 0 bridgehead atoms. The number of aromatic nitrogens is 1.